The molecule has 164 valence electrons. The van der Waals surface area contributed by atoms with Crippen LogP contribution in [0.1, 0.15) is 73.5 Å². The lowest BCUT2D eigenvalue weighted by Gasteiger charge is -2.18. The van der Waals surface area contributed by atoms with Gasteiger partial charge in [-0.2, -0.15) is 4.98 Å². The summed E-state index contributed by atoms with van der Waals surface area (Å²) in [5.41, 5.74) is 4.66. The third-order valence-electron chi connectivity index (χ3n) is 5.32. The third-order valence-corrected chi connectivity index (χ3v) is 5.32. The normalized spacial score (nSPS) is 11.6. The van der Waals surface area contributed by atoms with Crippen LogP contribution in [-0.4, -0.2) is 23.2 Å². The predicted octanol–water partition coefficient (Wildman–Crippen LogP) is 5.40. The molecule has 6 nitrogen and oxygen atoms in total. The van der Waals surface area contributed by atoms with Gasteiger partial charge in [-0.25, -0.2) is 0 Å². The van der Waals surface area contributed by atoms with Crippen LogP contribution in [0.2, 0.25) is 0 Å². The van der Waals surface area contributed by atoms with E-state index in [2.05, 4.69) is 62.2 Å². The number of aryl methyl sites for hydroxylation is 1. The summed E-state index contributed by atoms with van der Waals surface area (Å²) in [5, 5.41) is 6.93. The monoisotopic (exact) mass is 421 g/mol. The van der Waals surface area contributed by atoms with E-state index in [1.807, 2.05) is 31.2 Å². The van der Waals surface area contributed by atoms with Crippen LogP contribution >= 0.6 is 0 Å². The minimum absolute atomic E-state index is 0.0836. The average Bonchev–Trinajstić information content (AvgIpc) is 3.20. The van der Waals surface area contributed by atoms with Crippen LogP contribution in [0.3, 0.4) is 0 Å². The minimum Gasteiger partial charge on any atom is -0.496 e. The Balaban J connectivity index is 1.71. The molecule has 0 aliphatic rings. The molecule has 1 N–H and O–H groups in total. The van der Waals surface area contributed by atoms with Crippen LogP contribution < -0.4 is 10.1 Å². The lowest BCUT2D eigenvalue weighted by molar-refractivity contribution is 0.0945. The molecule has 1 aromatic heterocycles. The maximum Gasteiger partial charge on any atom is 0.251 e. The number of rotatable bonds is 6. The molecule has 0 unspecified atom stereocenters. The number of benzene rings is 2. The first-order chi connectivity index (χ1) is 14.6. The molecular formula is C25H31N3O3. The summed E-state index contributed by atoms with van der Waals surface area (Å²) >= 11 is 0. The first kappa shape index (κ1) is 22.5. The summed E-state index contributed by atoms with van der Waals surface area (Å²) in [6.45, 7) is 12.7. The molecule has 0 saturated carbocycles. The van der Waals surface area contributed by atoms with Crippen molar-refractivity contribution in [3.63, 3.8) is 0 Å². The van der Waals surface area contributed by atoms with Crippen molar-refractivity contribution in [1.29, 1.82) is 0 Å². The summed E-state index contributed by atoms with van der Waals surface area (Å²) in [6.07, 6.45) is 0. The molecule has 0 saturated heterocycles. The Labute approximate surface area is 184 Å². The first-order valence-corrected chi connectivity index (χ1v) is 10.5. The highest BCUT2D eigenvalue weighted by Gasteiger charge is 2.18. The summed E-state index contributed by atoms with van der Waals surface area (Å²) in [5.74, 6) is 1.72. The van der Waals surface area contributed by atoms with Gasteiger partial charge in [0.2, 0.25) is 11.7 Å². The smallest absolute Gasteiger partial charge is 0.251 e. The van der Waals surface area contributed by atoms with Gasteiger partial charge in [-0.05, 0) is 47.1 Å². The Morgan fingerprint density at radius 1 is 1.16 bits per heavy atom. The van der Waals surface area contributed by atoms with Crippen LogP contribution in [0.4, 0.5) is 0 Å². The lowest BCUT2D eigenvalue weighted by atomic mass is 9.87. The van der Waals surface area contributed by atoms with E-state index < -0.39 is 0 Å². The molecule has 2 aromatic carbocycles. The molecule has 0 atom stereocenters. The Kier molecular flexibility index (Phi) is 6.48. The largest absolute Gasteiger partial charge is 0.496 e. The molecule has 6 heteroatoms. The summed E-state index contributed by atoms with van der Waals surface area (Å²) in [6, 6.07) is 11.9. The predicted molar refractivity (Wildman–Crippen MR) is 121 cm³/mol. The van der Waals surface area contributed by atoms with Gasteiger partial charge in [-0.3, -0.25) is 4.79 Å². The van der Waals surface area contributed by atoms with E-state index in [4.69, 9.17) is 9.26 Å². The van der Waals surface area contributed by atoms with E-state index in [0.29, 0.717) is 17.3 Å². The van der Waals surface area contributed by atoms with Crippen LogP contribution in [0, 0.1) is 6.92 Å². The first-order valence-electron chi connectivity index (χ1n) is 10.5. The highest BCUT2D eigenvalue weighted by molar-refractivity contribution is 5.96. The summed E-state index contributed by atoms with van der Waals surface area (Å²) in [7, 11) is 1.64. The van der Waals surface area contributed by atoms with Gasteiger partial charge < -0.3 is 14.6 Å². The van der Waals surface area contributed by atoms with Gasteiger partial charge in [0.15, 0.2) is 0 Å². The van der Waals surface area contributed by atoms with Crippen molar-refractivity contribution >= 4 is 5.91 Å². The highest BCUT2D eigenvalue weighted by atomic mass is 16.5. The van der Waals surface area contributed by atoms with Crippen LogP contribution in [0.5, 0.6) is 5.75 Å². The maximum atomic E-state index is 12.8. The van der Waals surface area contributed by atoms with Gasteiger partial charge in [0.1, 0.15) is 5.75 Å². The fraction of sp³-hybridized carbons (Fsp3) is 0.400. The number of hydrogen-bond donors (Lipinski definition) is 1. The number of aromatic nitrogens is 2. The molecular weight excluding hydrogens is 390 g/mol. The SMILES string of the molecule is COc1cc(C)c(C(=O)NCc2nc(-c3ccc(C(C)(C)C)cc3)no2)cc1C(C)C. The van der Waals surface area contributed by atoms with E-state index in [-0.39, 0.29) is 23.8 Å². The van der Waals surface area contributed by atoms with Gasteiger partial charge in [0.05, 0.1) is 13.7 Å². The Morgan fingerprint density at radius 3 is 2.42 bits per heavy atom. The topological polar surface area (TPSA) is 77.2 Å². The molecule has 3 rings (SSSR count). The van der Waals surface area contributed by atoms with E-state index in [1.54, 1.807) is 7.11 Å². The van der Waals surface area contributed by atoms with Gasteiger partial charge >= 0.3 is 0 Å². The lowest BCUT2D eigenvalue weighted by Crippen LogP contribution is -2.24. The Morgan fingerprint density at radius 2 is 1.84 bits per heavy atom. The van der Waals surface area contributed by atoms with E-state index in [0.717, 1.165) is 22.4 Å². The maximum absolute atomic E-state index is 12.8. The zero-order chi connectivity index (χ0) is 22.8. The second-order valence-corrected chi connectivity index (χ2v) is 9.09. The van der Waals surface area contributed by atoms with Crippen molar-refractivity contribution in [2.24, 2.45) is 0 Å². The van der Waals surface area contributed by atoms with Crippen molar-refractivity contribution in [3.05, 3.63) is 64.5 Å². The molecule has 1 amide bonds. The van der Waals surface area contributed by atoms with Crippen LogP contribution in [0.15, 0.2) is 40.9 Å². The van der Waals surface area contributed by atoms with Gasteiger partial charge in [-0.15, -0.1) is 0 Å². The van der Waals surface area contributed by atoms with Gasteiger partial charge in [0, 0.05) is 11.1 Å². The van der Waals surface area contributed by atoms with E-state index in [1.165, 1.54) is 5.56 Å². The van der Waals surface area contributed by atoms with E-state index >= 15 is 0 Å². The second-order valence-electron chi connectivity index (χ2n) is 9.09. The number of hydrogen-bond acceptors (Lipinski definition) is 5. The van der Waals surface area contributed by atoms with Gasteiger partial charge in [0.25, 0.3) is 5.91 Å². The molecule has 3 aromatic rings. The highest BCUT2D eigenvalue weighted by Crippen LogP contribution is 2.30. The number of nitrogens with zero attached hydrogens (tertiary/aromatic N) is 2. The number of methoxy groups -OCH3 is 1. The van der Waals surface area contributed by atoms with Crippen molar-refractivity contribution < 1.29 is 14.1 Å². The van der Waals surface area contributed by atoms with Crippen molar-refractivity contribution in [2.45, 2.75) is 59.4 Å². The summed E-state index contributed by atoms with van der Waals surface area (Å²) < 4.78 is 10.8. The molecule has 0 spiro atoms. The molecule has 0 aliphatic heterocycles. The number of ether oxygens (including phenoxy) is 1. The number of carbonyl (C=O) groups is 1. The zero-order valence-corrected chi connectivity index (χ0v) is 19.4. The quantitative estimate of drug-likeness (QED) is 0.576. The van der Waals surface area contributed by atoms with E-state index in [9.17, 15) is 4.79 Å². The standard InChI is InChI=1S/C25H31N3O3/c1-15(2)19-13-20(16(3)12-21(19)30-7)24(29)26-14-22-27-23(28-31-22)17-8-10-18(11-9-17)25(4,5)6/h8-13,15H,14H2,1-7H3,(H,26,29). The number of amides is 1. The molecule has 0 aliphatic carbocycles. The zero-order valence-electron chi connectivity index (χ0n) is 19.4. The number of carbonyl (C=O) groups excluding carboxylic acids is 1. The molecule has 1 heterocycles. The second kappa shape index (κ2) is 8.92. The third kappa shape index (κ3) is 5.13. The van der Waals surface area contributed by atoms with Crippen LogP contribution in [-0.2, 0) is 12.0 Å². The minimum atomic E-state index is -0.184. The average molecular weight is 422 g/mol. The van der Waals surface area contributed by atoms with Crippen molar-refractivity contribution in [1.82, 2.24) is 15.5 Å². The van der Waals surface area contributed by atoms with Crippen LogP contribution in [0.25, 0.3) is 11.4 Å². The molecule has 0 radical (unpaired) electrons. The molecule has 31 heavy (non-hydrogen) atoms. The van der Waals surface area contributed by atoms with Crippen molar-refractivity contribution in [2.75, 3.05) is 7.11 Å². The fourth-order valence-electron chi connectivity index (χ4n) is 3.39. The van der Waals surface area contributed by atoms with Gasteiger partial charge in [-0.1, -0.05) is 64.0 Å². The molecule has 0 fully saturated rings. The Bertz CT molecular complexity index is 1060. The molecule has 0 bridgehead atoms. The fourth-order valence-corrected chi connectivity index (χ4v) is 3.39. The Hall–Kier alpha value is -3.15. The number of nitrogens with one attached hydrogen (secondary N) is 1. The van der Waals surface area contributed by atoms with Crippen molar-refractivity contribution in [3.8, 4) is 17.1 Å². The summed E-state index contributed by atoms with van der Waals surface area (Å²) in [4.78, 5) is 17.2.